The van der Waals surface area contributed by atoms with E-state index in [0.717, 1.165) is 21.5 Å². The van der Waals surface area contributed by atoms with Crippen LogP contribution in [0.5, 0.6) is 5.75 Å². The van der Waals surface area contributed by atoms with Gasteiger partial charge in [-0.05, 0) is 47.0 Å². The second-order valence-electron chi connectivity index (χ2n) is 5.89. The van der Waals surface area contributed by atoms with Crippen LogP contribution in [-0.2, 0) is 16.0 Å². The molecule has 0 bridgehead atoms. The molecule has 0 atom stereocenters. The molecule has 29 heavy (non-hydrogen) atoms. The number of amides is 3. The third-order valence-corrected chi connectivity index (χ3v) is 5.63. The molecule has 1 aliphatic rings. The standard InChI is InChI=1S/C19H16F2N2O4S2/c20-18(21)27-13-5-3-12(4-6-13)10-15-17(25)23(19(26)29-15)8-7-22-16(24)11-14-2-1-9-28-14/h1-6,9-10,18H,7-8,11H2,(H,22,24). The lowest BCUT2D eigenvalue weighted by molar-refractivity contribution is -0.124. The van der Waals surface area contributed by atoms with E-state index in [4.69, 9.17) is 0 Å². The summed E-state index contributed by atoms with van der Waals surface area (Å²) in [4.78, 5) is 38.7. The van der Waals surface area contributed by atoms with Gasteiger partial charge in [0.05, 0.1) is 11.3 Å². The fraction of sp³-hybridized carbons (Fsp3) is 0.211. The molecule has 1 aromatic heterocycles. The van der Waals surface area contributed by atoms with Crippen molar-refractivity contribution in [2.45, 2.75) is 13.0 Å². The van der Waals surface area contributed by atoms with Gasteiger partial charge in [0, 0.05) is 18.0 Å². The van der Waals surface area contributed by atoms with Gasteiger partial charge < -0.3 is 10.1 Å². The van der Waals surface area contributed by atoms with E-state index in [2.05, 4.69) is 10.1 Å². The van der Waals surface area contributed by atoms with Crippen LogP contribution in [0.15, 0.2) is 46.7 Å². The van der Waals surface area contributed by atoms with Crippen LogP contribution in [0.4, 0.5) is 13.6 Å². The Morgan fingerprint density at radius 1 is 1.21 bits per heavy atom. The molecule has 1 aliphatic heterocycles. The van der Waals surface area contributed by atoms with Crippen molar-refractivity contribution in [1.29, 1.82) is 0 Å². The minimum Gasteiger partial charge on any atom is -0.435 e. The average Bonchev–Trinajstić information content (AvgIpc) is 3.26. The molecule has 1 fully saturated rings. The van der Waals surface area contributed by atoms with E-state index in [9.17, 15) is 23.2 Å². The van der Waals surface area contributed by atoms with Gasteiger partial charge in [0.25, 0.3) is 11.1 Å². The SMILES string of the molecule is O=C(Cc1cccs1)NCCN1C(=O)SC(=Cc2ccc(OC(F)F)cc2)C1=O. The lowest BCUT2D eigenvalue weighted by Crippen LogP contribution is -2.37. The number of nitrogens with zero attached hydrogens (tertiary/aromatic N) is 1. The molecular weight excluding hydrogens is 422 g/mol. The summed E-state index contributed by atoms with van der Waals surface area (Å²) in [7, 11) is 0. The van der Waals surface area contributed by atoms with Crippen LogP contribution in [-0.4, -0.2) is 41.7 Å². The summed E-state index contributed by atoms with van der Waals surface area (Å²) in [5, 5.41) is 4.15. The van der Waals surface area contributed by atoms with Crippen molar-refractivity contribution in [3.8, 4) is 5.75 Å². The van der Waals surface area contributed by atoms with Crippen LogP contribution in [0.3, 0.4) is 0 Å². The zero-order valence-electron chi connectivity index (χ0n) is 15.0. The molecule has 3 amide bonds. The monoisotopic (exact) mass is 438 g/mol. The third kappa shape index (κ3) is 5.88. The molecule has 1 saturated heterocycles. The van der Waals surface area contributed by atoms with Crippen LogP contribution in [0.25, 0.3) is 6.08 Å². The molecule has 0 unspecified atom stereocenters. The molecule has 10 heteroatoms. The van der Waals surface area contributed by atoms with Crippen LogP contribution in [0.1, 0.15) is 10.4 Å². The van der Waals surface area contributed by atoms with E-state index in [1.165, 1.54) is 41.7 Å². The molecule has 2 aromatic rings. The average molecular weight is 438 g/mol. The molecule has 2 heterocycles. The summed E-state index contributed by atoms with van der Waals surface area (Å²) in [6.07, 6.45) is 1.76. The first-order chi connectivity index (χ1) is 13.9. The maximum absolute atomic E-state index is 12.4. The highest BCUT2D eigenvalue weighted by molar-refractivity contribution is 8.18. The Morgan fingerprint density at radius 3 is 2.62 bits per heavy atom. The molecule has 0 aliphatic carbocycles. The first-order valence-corrected chi connectivity index (χ1v) is 10.2. The second-order valence-corrected chi connectivity index (χ2v) is 7.91. The second kappa shape index (κ2) is 9.66. The summed E-state index contributed by atoms with van der Waals surface area (Å²) in [5.74, 6) is -0.634. The molecule has 1 N–H and O–H groups in total. The van der Waals surface area contributed by atoms with Crippen LogP contribution in [0, 0.1) is 0 Å². The van der Waals surface area contributed by atoms with Crippen LogP contribution >= 0.6 is 23.1 Å². The third-order valence-electron chi connectivity index (χ3n) is 3.85. The van der Waals surface area contributed by atoms with Gasteiger partial charge in [0.15, 0.2) is 0 Å². The van der Waals surface area contributed by atoms with Crippen molar-refractivity contribution >= 4 is 46.2 Å². The Balaban J connectivity index is 1.53. The number of thioether (sulfide) groups is 1. The Kier molecular flexibility index (Phi) is 6.99. The first kappa shape index (κ1) is 21.0. The van der Waals surface area contributed by atoms with Gasteiger partial charge in [-0.25, -0.2) is 0 Å². The van der Waals surface area contributed by atoms with Gasteiger partial charge in [0.1, 0.15) is 5.75 Å². The van der Waals surface area contributed by atoms with E-state index < -0.39 is 17.8 Å². The Hall–Kier alpha value is -2.72. The molecule has 3 rings (SSSR count). The molecule has 6 nitrogen and oxygen atoms in total. The zero-order chi connectivity index (χ0) is 20.8. The maximum Gasteiger partial charge on any atom is 0.387 e. The number of hydrogen-bond donors (Lipinski definition) is 1. The highest BCUT2D eigenvalue weighted by atomic mass is 32.2. The highest BCUT2D eigenvalue weighted by Gasteiger charge is 2.34. The van der Waals surface area contributed by atoms with Gasteiger partial charge in [-0.15, -0.1) is 11.3 Å². The normalized spacial score (nSPS) is 15.4. The number of halogens is 2. The number of rotatable bonds is 8. The van der Waals surface area contributed by atoms with Crippen molar-refractivity contribution in [2.24, 2.45) is 0 Å². The van der Waals surface area contributed by atoms with Crippen LogP contribution < -0.4 is 10.1 Å². The molecule has 0 radical (unpaired) electrons. The Bertz CT molecular complexity index is 915. The number of carbonyl (C=O) groups excluding carboxylic acids is 3. The lowest BCUT2D eigenvalue weighted by Gasteiger charge is -2.12. The number of imide groups is 1. The van der Waals surface area contributed by atoms with Crippen molar-refractivity contribution < 1.29 is 27.9 Å². The minimum absolute atomic E-state index is 0.00328. The van der Waals surface area contributed by atoms with E-state index in [1.54, 1.807) is 0 Å². The number of alkyl halides is 2. The van der Waals surface area contributed by atoms with Gasteiger partial charge >= 0.3 is 6.61 Å². The van der Waals surface area contributed by atoms with Crippen molar-refractivity contribution in [2.75, 3.05) is 13.1 Å². The number of benzene rings is 1. The Labute approximate surface area is 173 Å². The Morgan fingerprint density at radius 2 is 1.97 bits per heavy atom. The lowest BCUT2D eigenvalue weighted by atomic mass is 10.2. The summed E-state index contributed by atoms with van der Waals surface area (Å²) in [6, 6.07) is 9.45. The summed E-state index contributed by atoms with van der Waals surface area (Å²) in [5.41, 5.74) is 0.571. The van der Waals surface area contributed by atoms with Gasteiger partial charge in [-0.3, -0.25) is 19.3 Å². The van der Waals surface area contributed by atoms with Crippen LogP contribution in [0.2, 0.25) is 0 Å². The highest BCUT2D eigenvalue weighted by Crippen LogP contribution is 2.32. The van der Waals surface area contributed by atoms with Crippen molar-refractivity contribution in [1.82, 2.24) is 10.2 Å². The number of carbonyl (C=O) groups is 3. The molecule has 0 saturated carbocycles. The summed E-state index contributed by atoms with van der Waals surface area (Å²) in [6.45, 7) is -2.68. The van der Waals surface area contributed by atoms with Crippen molar-refractivity contribution in [3.05, 3.63) is 57.1 Å². The smallest absolute Gasteiger partial charge is 0.387 e. The molecule has 0 spiro atoms. The minimum atomic E-state index is -2.91. The fourth-order valence-electron chi connectivity index (χ4n) is 2.53. The maximum atomic E-state index is 12.4. The zero-order valence-corrected chi connectivity index (χ0v) is 16.6. The molecular formula is C19H16F2N2O4S2. The number of ether oxygens (including phenoxy) is 1. The van der Waals surface area contributed by atoms with Gasteiger partial charge in [0.2, 0.25) is 5.91 Å². The fourth-order valence-corrected chi connectivity index (χ4v) is 4.10. The largest absolute Gasteiger partial charge is 0.435 e. The van der Waals surface area contributed by atoms with Gasteiger partial charge in [-0.2, -0.15) is 8.78 Å². The predicted molar refractivity (Wildman–Crippen MR) is 107 cm³/mol. The summed E-state index contributed by atoms with van der Waals surface area (Å²) < 4.78 is 28.6. The van der Waals surface area contributed by atoms with Gasteiger partial charge in [-0.1, -0.05) is 18.2 Å². The molecule has 152 valence electrons. The van der Waals surface area contributed by atoms with E-state index >= 15 is 0 Å². The van der Waals surface area contributed by atoms with E-state index in [0.29, 0.717) is 5.56 Å². The quantitative estimate of drug-likeness (QED) is 0.636. The summed E-state index contributed by atoms with van der Waals surface area (Å²) >= 11 is 2.27. The van der Waals surface area contributed by atoms with Crippen molar-refractivity contribution in [3.63, 3.8) is 0 Å². The number of hydrogen-bond acceptors (Lipinski definition) is 6. The first-order valence-electron chi connectivity index (χ1n) is 8.51. The predicted octanol–water partition coefficient (Wildman–Crippen LogP) is 3.74. The van der Waals surface area contributed by atoms with E-state index in [-0.39, 0.29) is 36.1 Å². The topological polar surface area (TPSA) is 75.7 Å². The number of nitrogens with one attached hydrogen (secondary N) is 1. The van der Waals surface area contributed by atoms with E-state index in [1.807, 2.05) is 17.5 Å². The number of thiophene rings is 1. The molecule has 1 aromatic carbocycles.